The number of halogens is 1. The third-order valence-corrected chi connectivity index (χ3v) is 2.95. The van der Waals surface area contributed by atoms with Crippen LogP contribution in [0, 0.1) is 5.82 Å². The summed E-state index contributed by atoms with van der Waals surface area (Å²) in [5.74, 6) is -0.667. The van der Waals surface area contributed by atoms with E-state index < -0.39 is 5.82 Å². The number of carbonyl (C=O) groups is 1. The van der Waals surface area contributed by atoms with Gasteiger partial charge in [-0.1, -0.05) is 12.1 Å². The van der Waals surface area contributed by atoms with Crippen molar-refractivity contribution in [2.75, 3.05) is 13.1 Å². The van der Waals surface area contributed by atoms with Crippen molar-refractivity contribution in [2.45, 2.75) is 25.9 Å². The molecule has 1 aromatic rings. The first-order valence-corrected chi connectivity index (χ1v) is 5.88. The molecule has 1 aromatic carbocycles. The molecule has 17 heavy (non-hydrogen) atoms. The van der Waals surface area contributed by atoms with Gasteiger partial charge in [-0.25, -0.2) is 4.39 Å². The molecule has 1 aliphatic heterocycles. The number of rotatable bonds is 1. The van der Waals surface area contributed by atoms with Crippen molar-refractivity contribution in [1.82, 2.24) is 10.2 Å². The van der Waals surface area contributed by atoms with Gasteiger partial charge in [0.05, 0.1) is 5.56 Å². The first kappa shape index (κ1) is 12.0. The van der Waals surface area contributed by atoms with E-state index in [9.17, 15) is 9.18 Å². The summed E-state index contributed by atoms with van der Waals surface area (Å²) < 4.78 is 13.5. The van der Waals surface area contributed by atoms with Gasteiger partial charge >= 0.3 is 0 Å². The summed E-state index contributed by atoms with van der Waals surface area (Å²) in [6.45, 7) is 5.30. The molecule has 0 saturated carbocycles. The molecule has 3 nitrogen and oxygen atoms in total. The quantitative estimate of drug-likeness (QED) is 0.804. The molecule has 0 aliphatic carbocycles. The maximum atomic E-state index is 13.5. The predicted octanol–water partition coefficient (Wildman–Crippen LogP) is 1.65. The minimum absolute atomic E-state index is 0.161. The second-order valence-corrected chi connectivity index (χ2v) is 4.66. The largest absolute Gasteiger partial charge is 0.335 e. The Morgan fingerprint density at radius 3 is 2.47 bits per heavy atom. The van der Waals surface area contributed by atoms with E-state index in [1.54, 1.807) is 17.0 Å². The van der Waals surface area contributed by atoms with E-state index in [0.29, 0.717) is 13.1 Å². The van der Waals surface area contributed by atoms with Crippen LogP contribution in [-0.4, -0.2) is 36.0 Å². The topological polar surface area (TPSA) is 32.3 Å². The summed E-state index contributed by atoms with van der Waals surface area (Å²) in [4.78, 5) is 13.9. The maximum absolute atomic E-state index is 13.5. The Kier molecular flexibility index (Phi) is 3.43. The summed E-state index contributed by atoms with van der Waals surface area (Å²) in [6.07, 6.45) is 0. The molecule has 2 atom stereocenters. The lowest BCUT2D eigenvalue weighted by molar-refractivity contribution is 0.0669. The highest BCUT2D eigenvalue weighted by Gasteiger charge is 2.26. The smallest absolute Gasteiger partial charge is 0.256 e. The van der Waals surface area contributed by atoms with Crippen LogP contribution in [0.1, 0.15) is 24.2 Å². The van der Waals surface area contributed by atoms with Crippen molar-refractivity contribution in [3.8, 4) is 0 Å². The van der Waals surface area contributed by atoms with Crippen LogP contribution in [0.3, 0.4) is 0 Å². The fourth-order valence-corrected chi connectivity index (χ4v) is 2.30. The van der Waals surface area contributed by atoms with Gasteiger partial charge in [0.25, 0.3) is 5.91 Å². The van der Waals surface area contributed by atoms with E-state index in [1.807, 2.05) is 13.8 Å². The minimum atomic E-state index is -0.448. The average molecular weight is 236 g/mol. The molecule has 92 valence electrons. The Hall–Kier alpha value is -1.42. The lowest BCUT2D eigenvalue weighted by atomic mass is 10.1. The van der Waals surface area contributed by atoms with E-state index in [2.05, 4.69) is 5.32 Å². The van der Waals surface area contributed by atoms with E-state index in [-0.39, 0.29) is 23.6 Å². The van der Waals surface area contributed by atoms with Crippen LogP contribution in [0.2, 0.25) is 0 Å². The summed E-state index contributed by atoms with van der Waals surface area (Å²) in [5, 5.41) is 3.34. The van der Waals surface area contributed by atoms with Gasteiger partial charge in [0, 0.05) is 25.2 Å². The molecule has 1 heterocycles. The summed E-state index contributed by atoms with van der Waals surface area (Å²) in [7, 11) is 0. The van der Waals surface area contributed by atoms with Gasteiger partial charge in [-0.2, -0.15) is 0 Å². The van der Waals surface area contributed by atoms with Crippen LogP contribution in [0.25, 0.3) is 0 Å². The Morgan fingerprint density at radius 2 is 1.88 bits per heavy atom. The van der Waals surface area contributed by atoms with Gasteiger partial charge in [-0.3, -0.25) is 4.79 Å². The fourth-order valence-electron chi connectivity index (χ4n) is 2.30. The molecule has 1 saturated heterocycles. The Labute approximate surface area is 101 Å². The molecule has 1 N–H and O–H groups in total. The van der Waals surface area contributed by atoms with Gasteiger partial charge < -0.3 is 10.2 Å². The van der Waals surface area contributed by atoms with E-state index in [0.717, 1.165) is 0 Å². The maximum Gasteiger partial charge on any atom is 0.256 e. The highest BCUT2D eigenvalue weighted by atomic mass is 19.1. The van der Waals surface area contributed by atoms with Crippen molar-refractivity contribution in [3.05, 3.63) is 35.6 Å². The first-order chi connectivity index (χ1) is 8.08. The van der Waals surface area contributed by atoms with Crippen LogP contribution in [0.4, 0.5) is 4.39 Å². The van der Waals surface area contributed by atoms with Gasteiger partial charge in [0.15, 0.2) is 0 Å². The van der Waals surface area contributed by atoms with Crippen LogP contribution in [-0.2, 0) is 0 Å². The van der Waals surface area contributed by atoms with E-state index >= 15 is 0 Å². The second-order valence-electron chi connectivity index (χ2n) is 4.66. The number of hydrogen-bond acceptors (Lipinski definition) is 2. The molecule has 2 rings (SSSR count). The fraction of sp³-hybridized carbons (Fsp3) is 0.462. The molecular weight excluding hydrogens is 219 g/mol. The molecular formula is C13H17FN2O. The molecule has 1 fully saturated rings. The zero-order chi connectivity index (χ0) is 12.4. The number of benzene rings is 1. The standard InChI is InChI=1S/C13H17FN2O/c1-9-7-16(8-10(2)15-9)13(17)11-5-3-4-6-12(11)14/h3-6,9-10,15H,7-8H2,1-2H3. The number of carbonyl (C=O) groups excluding carboxylic acids is 1. The predicted molar refractivity (Wildman–Crippen MR) is 64.4 cm³/mol. The van der Waals surface area contributed by atoms with Crippen molar-refractivity contribution in [2.24, 2.45) is 0 Å². The Morgan fingerprint density at radius 1 is 1.29 bits per heavy atom. The van der Waals surface area contributed by atoms with Gasteiger partial charge in [0.2, 0.25) is 0 Å². The molecule has 1 aliphatic rings. The lowest BCUT2D eigenvalue weighted by Gasteiger charge is -2.36. The first-order valence-electron chi connectivity index (χ1n) is 5.88. The number of hydrogen-bond donors (Lipinski definition) is 1. The van der Waals surface area contributed by atoms with Crippen LogP contribution >= 0.6 is 0 Å². The molecule has 0 spiro atoms. The molecule has 0 radical (unpaired) electrons. The normalized spacial score (nSPS) is 24.8. The number of amides is 1. The van der Waals surface area contributed by atoms with E-state index in [4.69, 9.17) is 0 Å². The Balaban J connectivity index is 2.17. The molecule has 4 heteroatoms. The molecule has 1 amide bonds. The second kappa shape index (κ2) is 4.84. The third-order valence-electron chi connectivity index (χ3n) is 2.95. The monoisotopic (exact) mass is 236 g/mol. The third kappa shape index (κ3) is 2.64. The van der Waals surface area contributed by atoms with Gasteiger partial charge in [-0.05, 0) is 26.0 Å². The van der Waals surface area contributed by atoms with Crippen LogP contribution < -0.4 is 5.32 Å². The minimum Gasteiger partial charge on any atom is -0.335 e. The zero-order valence-electron chi connectivity index (χ0n) is 10.1. The highest BCUT2D eigenvalue weighted by molar-refractivity contribution is 5.94. The SMILES string of the molecule is CC1CN(C(=O)c2ccccc2F)CC(C)N1. The van der Waals surface area contributed by atoms with E-state index in [1.165, 1.54) is 12.1 Å². The highest BCUT2D eigenvalue weighted by Crippen LogP contribution is 2.13. The molecule has 2 unspecified atom stereocenters. The van der Waals surface area contributed by atoms with Gasteiger partial charge in [-0.15, -0.1) is 0 Å². The summed E-state index contributed by atoms with van der Waals surface area (Å²) in [6, 6.07) is 6.63. The van der Waals surface area contributed by atoms with Crippen molar-refractivity contribution in [3.63, 3.8) is 0 Å². The van der Waals surface area contributed by atoms with Crippen molar-refractivity contribution >= 4 is 5.91 Å². The summed E-state index contributed by atoms with van der Waals surface area (Å²) in [5.41, 5.74) is 0.161. The van der Waals surface area contributed by atoms with Crippen molar-refractivity contribution < 1.29 is 9.18 Å². The number of nitrogens with one attached hydrogen (secondary N) is 1. The van der Waals surface area contributed by atoms with Crippen LogP contribution in [0.15, 0.2) is 24.3 Å². The number of piperazine rings is 1. The zero-order valence-corrected chi connectivity index (χ0v) is 10.1. The average Bonchev–Trinajstić information content (AvgIpc) is 2.27. The lowest BCUT2D eigenvalue weighted by Crippen LogP contribution is -2.55. The number of nitrogens with zero attached hydrogens (tertiary/aromatic N) is 1. The Bertz CT molecular complexity index is 412. The van der Waals surface area contributed by atoms with Crippen molar-refractivity contribution in [1.29, 1.82) is 0 Å². The summed E-state index contributed by atoms with van der Waals surface area (Å²) >= 11 is 0. The van der Waals surface area contributed by atoms with Crippen LogP contribution in [0.5, 0.6) is 0 Å². The molecule has 0 aromatic heterocycles. The molecule has 0 bridgehead atoms. The van der Waals surface area contributed by atoms with Gasteiger partial charge in [0.1, 0.15) is 5.82 Å².